The lowest BCUT2D eigenvalue weighted by Crippen LogP contribution is -2.28. The number of rotatable bonds is 3. The molecular weight excluding hydrogens is 314 g/mol. The van der Waals surface area contributed by atoms with Crippen molar-refractivity contribution in [3.8, 4) is 17.3 Å². The minimum Gasteiger partial charge on any atom is -0.393 e. The van der Waals surface area contributed by atoms with Gasteiger partial charge in [0.2, 0.25) is 0 Å². The van der Waals surface area contributed by atoms with Gasteiger partial charge >= 0.3 is 0 Å². The van der Waals surface area contributed by atoms with E-state index in [2.05, 4.69) is 16.5 Å². The molecule has 126 valence electrons. The van der Waals surface area contributed by atoms with Crippen LogP contribution in [0.25, 0.3) is 16.8 Å². The minimum atomic E-state index is -0.162. The predicted octanol–water partition coefficient (Wildman–Crippen LogP) is 2.98. The van der Waals surface area contributed by atoms with Crippen molar-refractivity contribution in [1.29, 1.82) is 5.26 Å². The van der Waals surface area contributed by atoms with E-state index in [4.69, 9.17) is 10.2 Å². The third-order valence-electron chi connectivity index (χ3n) is 4.72. The zero-order valence-corrected chi connectivity index (χ0v) is 13.8. The normalized spacial score (nSPS) is 20.3. The molecule has 0 atom stereocenters. The molecule has 0 aromatic carbocycles. The zero-order valence-electron chi connectivity index (χ0n) is 13.8. The third-order valence-corrected chi connectivity index (χ3v) is 4.72. The second-order valence-corrected chi connectivity index (χ2v) is 6.47. The van der Waals surface area contributed by atoms with Gasteiger partial charge < -0.3 is 10.4 Å². The molecule has 4 rings (SSSR count). The van der Waals surface area contributed by atoms with E-state index in [1.807, 2.05) is 24.3 Å². The Morgan fingerprint density at radius 2 is 2.04 bits per heavy atom. The molecule has 1 fully saturated rings. The summed E-state index contributed by atoms with van der Waals surface area (Å²) in [6.45, 7) is 0. The maximum atomic E-state index is 9.63. The van der Waals surface area contributed by atoms with Crippen LogP contribution in [0.4, 0.5) is 5.82 Å². The molecule has 25 heavy (non-hydrogen) atoms. The molecule has 1 aliphatic carbocycles. The van der Waals surface area contributed by atoms with Crippen LogP contribution in [0.3, 0.4) is 0 Å². The Morgan fingerprint density at radius 1 is 1.20 bits per heavy atom. The molecule has 6 nitrogen and oxygen atoms in total. The highest BCUT2D eigenvalue weighted by atomic mass is 16.3. The van der Waals surface area contributed by atoms with Crippen LogP contribution < -0.4 is 5.32 Å². The van der Waals surface area contributed by atoms with E-state index >= 15 is 0 Å². The van der Waals surface area contributed by atoms with Crippen molar-refractivity contribution in [3.63, 3.8) is 0 Å². The quantitative estimate of drug-likeness (QED) is 0.769. The Bertz CT molecular complexity index is 934. The summed E-state index contributed by atoms with van der Waals surface area (Å²) >= 11 is 0. The monoisotopic (exact) mass is 333 g/mol. The Hall–Kier alpha value is -2.91. The van der Waals surface area contributed by atoms with Crippen LogP contribution >= 0.6 is 0 Å². The summed E-state index contributed by atoms with van der Waals surface area (Å²) in [5, 5.41) is 26.6. The average Bonchev–Trinajstić information content (AvgIpc) is 3.07. The molecule has 0 aliphatic heterocycles. The fourth-order valence-corrected chi connectivity index (χ4v) is 3.34. The van der Waals surface area contributed by atoms with Crippen LogP contribution in [0, 0.1) is 11.3 Å². The molecule has 0 bridgehead atoms. The third kappa shape index (κ3) is 3.19. The molecule has 3 aromatic heterocycles. The number of aliphatic hydroxyl groups excluding tert-OH is 1. The molecule has 6 heteroatoms. The van der Waals surface area contributed by atoms with Crippen LogP contribution in [0.5, 0.6) is 0 Å². The van der Waals surface area contributed by atoms with Gasteiger partial charge in [-0.25, -0.2) is 9.50 Å². The average molecular weight is 333 g/mol. The lowest BCUT2D eigenvalue weighted by atomic mass is 9.93. The van der Waals surface area contributed by atoms with Gasteiger partial charge in [0, 0.05) is 17.8 Å². The van der Waals surface area contributed by atoms with Crippen molar-refractivity contribution in [2.24, 2.45) is 0 Å². The van der Waals surface area contributed by atoms with Crippen molar-refractivity contribution in [1.82, 2.24) is 14.6 Å². The van der Waals surface area contributed by atoms with E-state index in [1.165, 1.54) is 0 Å². The molecule has 3 heterocycles. The second-order valence-electron chi connectivity index (χ2n) is 6.47. The molecule has 0 unspecified atom stereocenters. The molecule has 1 aliphatic rings. The molecular formula is C19H19N5O. The lowest BCUT2D eigenvalue weighted by Gasteiger charge is -2.26. The van der Waals surface area contributed by atoms with Crippen LogP contribution in [-0.2, 0) is 0 Å². The molecule has 2 N–H and O–H groups in total. The first-order valence-corrected chi connectivity index (χ1v) is 8.52. The summed E-state index contributed by atoms with van der Waals surface area (Å²) in [6.07, 6.45) is 6.98. The smallest absolute Gasteiger partial charge is 0.126 e. The highest BCUT2D eigenvalue weighted by Crippen LogP contribution is 2.26. The number of aromatic nitrogens is 3. The molecule has 0 spiro atoms. The van der Waals surface area contributed by atoms with Crippen molar-refractivity contribution >= 4 is 11.3 Å². The number of fused-ring (bicyclic) bond motifs is 1. The summed E-state index contributed by atoms with van der Waals surface area (Å²) in [5.74, 6) is 0.828. The summed E-state index contributed by atoms with van der Waals surface area (Å²) in [7, 11) is 0. The maximum absolute atomic E-state index is 9.63. The van der Waals surface area contributed by atoms with E-state index < -0.39 is 0 Å². The second kappa shape index (κ2) is 6.54. The van der Waals surface area contributed by atoms with E-state index in [1.54, 1.807) is 23.0 Å². The number of nitriles is 1. The van der Waals surface area contributed by atoms with Crippen molar-refractivity contribution < 1.29 is 5.11 Å². The van der Waals surface area contributed by atoms with Crippen LogP contribution in [-0.4, -0.2) is 31.9 Å². The fourth-order valence-electron chi connectivity index (χ4n) is 3.34. The first-order chi connectivity index (χ1) is 12.2. The number of nitrogens with zero attached hydrogens (tertiary/aromatic N) is 4. The van der Waals surface area contributed by atoms with Gasteiger partial charge in [0.1, 0.15) is 5.82 Å². The molecule has 0 radical (unpaired) electrons. The minimum absolute atomic E-state index is 0.162. The van der Waals surface area contributed by atoms with Crippen LogP contribution in [0.1, 0.15) is 31.2 Å². The van der Waals surface area contributed by atoms with Crippen LogP contribution in [0.2, 0.25) is 0 Å². The molecule has 0 amide bonds. The molecule has 0 saturated heterocycles. The highest BCUT2D eigenvalue weighted by Gasteiger charge is 2.19. The topological polar surface area (TPSA) is 86.2 Å². The van der Waals surface area contributed by atoms with Gasteiger partial charge in [0.05, 0.1) is 35.1 Å². The van der Waals surface area contributed by atoms with Gasteiger partial charge in [-0.15, -0.1) is 0 Å². The van der Waals surface area contributed by atoms with Gasteiger partial charge in [-0.3, -0.25) is 0 Å². The maximum Gasteiger partial charge on any atom is 0.126 e. The van der Waals surface area contributed by atoms with Crippen molar-refractivity contribution in [3.05, 3.63) is 48.3 Å². The Balaban J connectivity index is 1.62. The zero-order chi connectivity index (χ0) is 17.2. The van der Waals surface area contributed by atoms with Crippen molar-refractivity contribution in [2.75, 3.05) is 5.32 Å². The standard InChI is InChI=1S/C19H19N5O/c20-11-13-8-9-24-18(10-13)16(12-21-24)17-2-1-3-19(23-17)22-14-4-6-15(25)7-5-14/h1-3,8-10,12,14-15,25H,4-7H2,(H,22,23). The number of hydrogen-bond donors (Lipinski definition) is 2. The Labute approximate surface area is 145 Å². The number of nitrogens with one attached hydrogen (secondary N) is 1. The summed E-state index contributed by atoms with van der Waals surface area (Å²) < 4.78 is 1.75. The number of anilines is 1. The number of aliphatic hydroxyl groups is 1. The van der Waals surface area contributed by atoms with Crippen LogP contribution in [0.15, 0.2) is 42.7 Å². The van der Waals surface area contributed by atoms with Crippen molar-refractivity contribution in [2.45, 2.75) is 37.8 Å². The summed E-state index contributed by atoms with van der Waals surface area (Å²) in [5.41, 5.74) is 3.19. The first-order valence-electron chi connectivity index (χ1n) is 8.52. The van der Waals surface area contributed by atoms with E-state index in [9.17, 15) is 5.11 Å². The first kappa shape index (κ1) is 15.6. The van der Waals surface area contributed by atoms with Gasteiger partial charge in [0.15, 0.2) is 0 Å². The van der Waals surface area contributed by atoms with Gasteiger partial charge in [0.25, 0.3) is 0 Å². The van der Waals surface area contributed by atoms with E-state index in [0.717, 1.165) is 48.3 Å². The molecule has 1 saturated carbocycles. The summed E-state index contributed by atoms with van der Waals surface area (Å²) in [4.78, 5) is 4.72. The van der Waals surface area contributed by atoms with Gasteiger partial charge in [-0.2, -0.15) is 10.4 Å². The number of hydrogen-bond acceptors (Lipinski definition) is 5. The fraction of sp³-hybridized carbons (Fsp3) is 0.316. The van der Waals surface area contributed by atoms with Gasteiger partial charge in [-0.1, -0.05) is 6.07 Å². The summed E-state index contributed by atoms with van der Waals surface area (Å²) in [6, 6.07) is 12.0. The Morgan fingerprint density at radius 3 is 2.84 bits per heavy atom. The largest absolute Gasteiger partial charge is 0.393 e. The number of pyridine rings is 2. The SMILES string of the molecule is N#Cc1ccn2ncc(-c3cccc(NC4CCC(O)CC4)n3)c2c1. The Kier molecular flexibility index (Phi) is 4.08. The van der Waals surface area contributed by atoms with E-state index in [0.29, 0.717) is 11.6 Å². The lowest BCUT2D eigenvalue weighted by molar-refractivity contribution is 0.126. The van der Waals surface area contributed by atoms with E-state index in [-0.39, 0.29) is 6.10 Å². The molecule has 3 aromatic rings. The highest BCUT2D eigenvalue weighted by molar-refractivity contribution is 5.79. The predicted molar refractivity (Wildman–Crippen MR) is 95.0 cm³/mol. The van der Waals surface area contributed by atoms with Gasteiger partial charge in [-0.05, 0) is 49.9 Å².